The third-order valence-electron chi connectivity index (χ3n) is 3.82. The molecule has 2 aromatic heterocycles. The highest BCUT2D eigenvalue weighted by atomic mass is 16.2. The summed E-state index contributed by atoms with van der Waals surface area (Å²) in [6.07, 6.45) is 5.15. The maximum absolute atomic E-state index is 12.4. The highest BCUT2D eigenvalue weighted by molar-refractivity contribution is 5.95. The van der Waals surface area contributed by atoms with Gasteiger partial charge in [0.1, 0.15) is 5.82 Å². The van der Waals surface area contributed by atoms with Crippen LogP contribution in [0.5, 0.6) is 0 Å². The maximum atomic E-state index is 12.4. The van der Waals surface area contributed by atoms with Crippen molar-refractivity contribution in [1.82, 2.24) is 15.0 Å². The molecule has 6 heteroatoms. The number of anilines is 2. The molecule has 6 nitrogen and oxygen atoms in total. The van der Waals surface area contributed by atoms with Crippen molar-refractivity contribution in [3.63, 3.8) is 0 Å². The van der Waals surface area contributed by atoms with Crippen molar-refractivity contribution >= 4 is 17.4 Å². The molecular formula is C19H19N5O. The van der Waals surface area contributed by atoms with Crippen molar-refractivity contribution < 1.29 is 4.79 Å². The third kappa shape index (κ3) is 3.98. The van der Waals surface area contributed by atoms with E-state index in [1.807, 2.05) is 49.4 Å². The van der Waals surface area contributed by atoms with E-state index in [-0.39, 0.29) is 12.5 Å². The molecule has 3 aromatic rings. The summed E-state index contributed by atoms with van der Waals surface area (Å²) in [5.74, 6) is 1.17. The summed E-state index contributed by atoms with van der Waals surface area (Å²) in [4.78, 5) is 26.9. The summed E-state index contributed by atoms with van der Waals surface area (Å²) < 4.78 is 0. The number of pyridine rings is 1. The summed E-state index contributed by atoms with van der Waals surface area (Å²) >= 11 is 0. The lowest BCUT2D eigenvalue weighted by molar-refractivity contribution is -0.116. The SMILES string of the molecule is Cc1cnc(-c2cccnc2)nc1NCC(=O)N(C)c1ccccc1. The number of para-hydroxylation sites is 1. The largest absolute Gasteiger partial charge is 0.361 e. The number of carbonyl (C=O) groups is 1. The van der Waals surface area contributed by atoms with Gasteiger partial charge in [-0.15, -0.1) is 0 Å². The molecule has 0 aliphatic carbocycles. The average molecular weight is 333 g/mol. The summed E-state index contributed by atoms with van der Waals surface area (Å²) in [5.41, 5.74) is 2.56. The van der Waals surface area contributed by atoms with Crippen LogP contribution in [0.1, 0.15) is 5.56 Å². The van der Waals surface area contributed by atoms with Crippen molar-refractivity contribution in [2.75, 3.05) is 23.8 Å². The Balaban J connectivity index is 1.72. The Hall–Kier alpha value is -3.28. The van der Waals surface area contributed by atoms with Gasteiger partial charge in [0.25, 0.3) is 0 Å². The van der Waals surface area contributed by atoms with Crippen LogP contribution >= 0.6 is 0 Å². The van der Waals surface area contributed by atoms with Gasteiger partial charge in [-0.3, -0.25) is 9.78 Å². The number of carbonyl (C=O) groups excluding carboxylic acids is 1. The van der Waals surface area contributed by atoms with Gasteiger partial charge in [-0.25, -0.2) is 9.97 Å². The van der Waals surface area contributed by atoms with Crippen LogP contribution in [0.3, 0.4) is 0 Å². The summed E-state index contributed by atoms with van der Waals surface area (Å²) in [5, 5.41) is 3.11. The predicted octanol–water partition coefficient (Wildman–Crippen LogP) is 2.92. The lowest BCUT2D eigenvalue weighted by atomic mass is 10.2. The molecule has 0 spiro atoms. The van der Waals surface area contributed by atoms with Crippen LogP contribution in [-0.2, 0) is 4.79 Å². The number of hydrogen-bond donors (Lipinski definition) is 1. The van der Waals surface area contributed by atoms with Crippen LogP contribution < -0.4 is 10.2 Å². The molecule has 1 N–H and O–H groups in total. The van der Waals surface area contributed by atoms with Crippen LogP contribution in [0, 0.1) is 6.92 Å². The lowest BCUT2D eigenvalue weighted by Crippen LogP contribution is -2.32. The normalized spacial score (nSPS) is 10.3. The number of benzene rings is 1. The van der Waals surface area contributed by atoms with Gasteiger partial charge in [0, 0.05) is 42.5 Å². The first-order chi connectivity index (χ1) is 12.1. The van der Waals surface area contributed by atoms with E-state index in [2.05, 4.69) is 20.3 Å². The Morgan fingerprint density at radius 2 is 1.92 bits per heavy atom. The van der Waals surface area contributed by atoms with E-state index in [9.17, 15) is 4.79 Å². The van der Waals surface area contributed by atoms with E-state index in [0.29, 0.717) is 11.6 Å². The average Bonchev–Trinajstić information content (AvgIpc) is 2.68. The zero-order valence-corrected chi connectivity index (χ0v) is 14.2. The molecule has 126 valence electrons. The van der Waals surface area contributed by atoms with Crippen molar-refractivity contribution in [1.29, 1.82) is 0 Å². The van der Waals surface area contributed by atoms with Gasteiger partial charge in [-0.05, 0) is 31.2 Å². The first-order valence-corrected chi connectivity index (χ1v) is 7.94. The number of amides is 1. The Bertz CT molecular complexity index is 852. The topological polar surface area (TPSA) is 71.0 Å². The monoisotopic (exact) mass is 333 g/mol. The van der Waals surface area contributed by atoms with Crippen molar-refractivity contribution in [2.24, 2.45) is 0 Å². The molecule has 3 rings (SSSR count). The Labute approximate surface area is 146 Å². The molecule has 0 radical (unpaired) electrons. The third-order valence-corrected chi connectivity index (χ3v) is 3.82. The number of aryl methyl sites for hydroxylation is 1. The van der Waals surface area contributed by atoms with Gasteiger partial charge >= 0.3 is 0 Å². The lowest BCUT2D eigenvalue weighted by Gasteiger charge is -2.18. The smallest absolute Gasteiger partial charge is 0.246 e. The Kier molecular flexibility index (Phi) is 4.99. The molecule has 0 saturated heterocycles. The number of likely N-dealkylation sites (N-methyl/N-ethyl adjacent to an activating group) is 1. The minimum absolute atomic E-state index is 0.0489. The zero-order valence-electron chi connectivity index (χ0n) is 14.2. The van der Waals surface area contributed by atoms with E-state index < -0.39 is 0 Å². The molecule has 2 heterocycles. The highest BCUT2D eigenvalue weighted by Gasteiger charge is 2.12. The molecule has 0 saturated carbocycles. The maximum Gasteiger partial charge on any atom is 0.246 e. The van der Waals surface area contributed by atoms with Crippen LogP contribution in [0.15, 0.2) is 61.1 Å². The molecule has 1 amide bonds. The van der Waals surface area contributed by atoms with Crippen LogP contribution in [0.2, 0.25) is 0 Å². The Morgan fingerprint density at radius 1 is 1.12 bits per heavy atom. The molecule has 0 bridgehead atoms. The second-order valence-electron chi connectivity index (χ2n) is 5.61. The molecule has 1 aromatic carbocycles. The van der Waals surface area contributed by atoms with Gasteiger partial charge in [0.2, 0.25) is 5.91 Å². The predicted molar refractivity (Wildman–Crippen MR) is 98.3 cm³/mol. The molecule has 0 unspecified atom stereocenters. The van der Waals surface area contributed by atoms with Gasteiger partial charge in [0.05, 0.1) is 6.54 Å². The fourth-order valence-electron chi connectivity index (χ4n) is 2.33. The van der Waals surface area contributed by atoms with Crippen molar-refractivity contribution in [3.05, 3.63) is 66.6 Å². The van der Waals surface area contributed by atoms with Gasteiger partial charge in [0.15, 0.2) is 5.82 Å². The van der Waals surface area contributed by atoms with Crippen LogP contribution in [0.4, 0.5) is 11.5 Å². The molecule has 0 aliphatic rings. The van der Waals surface area contributed by atoms with E-state index in [4.69, 9.17) is 0 Å². The van der Waals surface area contributed by atoms with Crippen LogP contribution in [-0.4, -0.2) is 34.5 Å². The quantitative estimate of drug-likeness (QED) is 0.777. The first-order valence-electron chi connectivity index (χ1n) is 7.94. The van der Waals surface area contributed by atoms with Crippen molar-refractivity contribution in [2.45, 2.75) is 6.92 Å². The van der Waals surface area contributed by atoms with Gasteiger partial charge < -0.3 is 10.2 Å². The molecule has 0 atom stereocenters. The summed E-state index contributed by atoms with van der Waals surface area (Å²) in [6.45, 7) is 2.05. The van der Waals surface area contributed by atoms with Crippen LogP contribution in [0.25, 0.3) is 11.4 Å². The number of aromatic nitrogens is 3. The van der Waals surface area contributed by atoms with E-state index in [1.165, 1.54) is 0 Å². The molecule has 25 heavy (non-hydrogen) atoms. The first kappa shape index (κ1) is 16.6. The molecule has 0 aliphatic heterocycles. The van der Waals surface area contributed by atoms with Crippen molar-refractivity contribution in [3.8, 4) is 11.4 Å². The van der Waals surface area contributed by atoms with Gasteiger partial charge in [-0.2, -0.15) is 0 Å². The second-order valence-corrected chi connectivity index (χ2v) is 5.61. The number of nitrogens with zero attached hydrogens (tertiary/aromatic N) is 4. The molecule has 0 fully saturated rings. The standard InChI is InChI=1S/C19H19N5O/c1-14-11-21-19(15-7-6-10-20-12-15)23-18(14)22-13-17(25)24(2)16-8-4-3-5-9-16/h3-12H,13H2,1-2H3,(H,21,22,23). The zero-order chi connectivity index (χ0) is 17.6. The minimum Gasteiger partial charge on any atom is -0.361 e. The highest BCUT2D eigenvalue weighted by Crippen LogP contribution is 2.18. The fourth-order valence-corrected chi connectivity index (χ4v) is 2.33. The van der Waals surface area contributed by atoms with E-state index in [0.717, 1.165) is 16.8 Å². The van der Waals surface area contributed by atoms with E-state index >= 15 is 0 Å². The summed E-state index contributed by atoms with van der Waals surface area (Å²) in [7, 11) is 1.76. The van der Waals surface area contributed by atoms with Gasteiger partial charge in [-0.1, -0.05) is 18.2 Å². The minimum atomic E-state index is -0.0489. The number of rotatable bonds is 5. The molecular weight excluding hydrogens is 314 g/mol. The number of nitrogens with one attached hydrogen (secondary N) is 1. The van der Waals surface area contributed by atoms with E-state index in [1.54, 1.807) is 30.5 Å². The summed E-state index contributed by atoms with van der Waals surface area (Å²) in [6, 6.07) is 13.3. The number of hydrogen-bond acceptors (Lipinski definition) is 5. The Morgan fingerprint density at radius 3 is 2.64 bits per heavy atom. The second kappa shape index (κ2) is 7.53. The fraction of sp³-hybridized carbons (Fsp3) is 0.158.